The van der Waals surface area contributed by atoms with Gasteiger partial charge in [0.25, 0.3) is 5.91 Å². The molecule has 0 aliphatic carbocycles. The van der Waals surface area contributed by atoms with Crippen LogP contribution in [0.3, 0.4) is 0 Å². The lowest BCUT2D eigenvalue weighted by Gasteiger charge is -2.13. The average molecular weight is 310 g/mol. The Morgan fingerprint density at radius 2 is 1.86 bits per heavy atom. The first kappa shape index (κ1) is 16.0. The lowest BCUT2D eigenvalue weighted by Crippen LogP contribution is -2.29. The van der Waals surface area contributed by atoms with Crippen molar-refractivity contribution in [1.82, 2.24) is 10.3 Å². The van der Waals surface area contributed by atoms with Gasteiger partial charge in [0, 0.05) is 12.7 Å². The molecule has 0 radical (unpaired) electrons. The van der Waals surface area contributed by atoms with Gasteiger partial charge in [-0.3, -0.25) is 9.78 Å². The predicted molar refractivity (Wildman–Crippen MR) is 73.0 cm³/mol. The molecule has 1 unspecified atom stereocenters. The summed E-state index contributed by atoms with van der Waals surface area (Å²) in [6.45, 7) is -0.124. The highest BCUT2D eigenvalue weighted by Gasteiger charge is 2.30. The fourth-order valence-electron chi connectivity index (χ4n) is 1.79. The standard InChI is InChI=1S/C15H13F3N2O2/c16-15(17,18)11-6-4-10(5-7-11)13(21)9-20-14(22)12-3-1-2-8-19-12/h1-8,13,21H,9H2,(H,20,22). The molecular weight excluding hydrogens is 297 g/mol. The van der Waals surface area contributed by atoms with E-state index < -0.39 is 23.8 Å². The Labute approximate surface area is 124 Å². The van der Waals surface area contributed by atoms with Gasteiger partial charge >= 0.3 is 6.18 Å². The second kappa shape index (κ2) is 6.57. The molecule has 7 heteroatoms. The highest BCUT2D eigenvalue weighted by atomic mass is 19.4. The number of halogens is 3. The zero-order valence-corrected chi connectivity index (χ0v) is 11.3. The number of aliphatic hydroxyl groups excluding tert-OH is 1. The quantitative estimate of drug-likeness (QED) is 0.912. The van der Waals surface area contributed by atoms with E-state index in [0.717, 1.165) is 12.1 Å². The van der Waals surface area contributed by atoms with Crippen molar-refractivity contribution in [3.63, 3.8) is 0 Å². The van der Waals surface area contributed by atoms with Gasteiger partial charge in [0.05, 0.1) is 11.7 Å². The third-order valence-electron chi connectivity index (χ3n) is 2.98. The number of nitrogens with zero attached hydrogens (tertiary/aromatic N) is 1. The molecule has 0 bridgehead atoms. The van der Waals surface area contributed by atoms with Crippen LogP contribution >= 0.6 is 0 Å². The molecule has 2 aromatic rings. The number of rotatable bonds is 4. The Kier molecular flexibility index (Phi) is 4.77. The number of hydrogen-bond acceptors (Lipinski definition) is 3. The molecule has 0 fully saturated rings. The van der Waals surface area contributed by atoms with Gasteiger partial charge in [-0.15, -0.1) is 0 Å². The SMILES string of the molecule is O=C(NCC(O)c1ccc(C(F)(F)F)cc1)c1ccccn1. The van der Waals surface area contributed by atoms with Crippen LogP contribution in [0.1, 0.15) is 27.7 Å². The minimum Gasteiger partial charge on any atom is -0.387 e. The van der Waals surface area contributed by atoms with Gasteiger partial charge < -0.3 is 10.4 Å². The maximum atomic E-state index is 12.4. The minimum absolute atomic E-state index is 0.124. The van der Waals surface area contributed by atoms with Crippen molar-refractivity contribution in [2.75, 3.05) is 6.54 Å². The Hall–Kier alpha value is -2.41. The summed E-state index contributed by atoms with van der Waals surface area (Å²) in [5.41, 5.74) is -0.308. The molecule has 116 valence electrons. The summed E-state index contributed by atoms with van der Waals surface area (Å²) in [4.78, 5) is 15.6. The van der Waals surface area contributed by atoms with Crippen LogP contribution < -0.4 is 5.32 Å². The molecule has 0 aliphatic heterocycles. The first-order valence-electron chi connectivity index (χ1n) is 6.42. The van der Waals surface area contributed by atoms with Gasteiger partial charge in [-0.1, -0.05) is 18.2 Å². The fourth-order valence-corrected chi connectivity index (χ4v) is 1.79. The van der Waals surface area contributed by atoms with Crippen molar-refractivity contribution in [1.29, 1.82) is 0 Å². The number of hydrogen-bond donors (Lipinski definition) is 2. The summed E-state index contributed by atoms with van der Waals surface area (Å²) in [5.74, 6) is -0.466. The molecule has 2 N–H and O–H groups in total. The molecular formula is C15H13F3N2O2. The van der Waals surface area contributed by atoms with Crippen molar-refractivity contribution in [3.8, 4) is 0 Å². The number of aliphatic hydroxyl groups is 1. The van der Waals surface area contributed by atoms with Crippen molar-refractivity contribution >= 4 is 5.91 Å². The van der Waals surface area contributed by atoms with Crippen molar-refractivity contribution in [3.05, 3.63) is 65.5 Å². The molecule has 1 amide bonds. The molecule has 4 nitrogen and oxygen atoms in total. The van der Waals surface area contributed by atoms with Crippen LogP contribution in [0, 0.1) is 0 Å². The smallest absolute Gasteiger partial charge is 0.387 e. The molecule has 0 spiro atoms. The minimum atomic E-state index is -4.42. The molecule has 1 aromatic carbocycles. The van der Waals surface area contributed by atoms with E-state index in [1.54, 1.807) is 12.1 Å². The molecule has 22 heavy (non-hydrogen) atoms. The molecule has 0 aliphatic rings. The van der Waals surface area contributed by atoms with Gasteiger partial charge in [0.2, 0.25) is 0 Å². The molecule has 1 atom stereocenters. The van der Waals surface area contributed by atoms with Crippen LogP contribution in [0.5, 0.6) is 0 Å². The Balaban J connectivity index is 1.95. The van der Waals surface area contributed by atoms with E-state index in [2.05, 4.69) is 10.3 Å². The number of aromatic nitrogens is 1. The topological polar surface area (TPSA) is 62.2 Å². The number of carbonyl (C=O) groups excluding carboxylic acids is 1. The first-order chi connectivity index (χ1) is 10.4. The summed E-state index contributed by atoms with van der Waals surface area (Å²) in [6.07, 6.45) is -4.06. The second-order valence-corrected chi connectivity index (χ2v) is 4.56. The Morgan fingerprint density at radius 3 is 2.41 bits per heavy atom. The van der Waals surface area contributed by atoms with E-state index in [1.165, 1.54) is 24.4 Å². The van der Waals surface area contributed by atoms with E-state index in [0.29, 0.717) is 0 Å². The number of benzene rings is 1. The number of pyridine rings is 1. The summed E-state index contributed by atoms with van der Waals surface area (Å²) >= 11 is 0. The monoisotopic (exact) mass is 310 g/mol. The Morgan fingerprint density at radius 1 is 1.18 bits per heavy atom. The summed E-state index contributed by atoms with van der Waals surface area (Å²) in [5, 5.41) is 12.4. The number of alkyl halides is 3. The van der Waals surface area contributed by atoms with Gasteiger partial charge in [-0.05, 0) is 29.8 Å². The zero-order chi connectivity index (χ0) is 16.2. The van der Waals surface area contributed by atoms with Gasteiger partial charge in [-0.25, -0.2) is 0 Å². The lowest BCUT2D eigenvalue weighted by molar-refractivity contribution is -0.137. The lowest BCUT2D eigenvalue weighted by atomic mass is 10.1. The number of nitrogens with one attached hydrogen (secondary N) is 1. The Bertz CT molecular complexity index is 627. The maximum absolute atomic E-state index is 12.4. The number of carbonyl (C=O) groups is 1. The largest absolute Gasteiger partial charge is 0.416 e. The normalized spacial score (nSPS) is 12.7. The molecule has 1 heterocycles. The van der Waals surface area contributed by atoms with Crippen LogP contribution in [0.15, 0.2) is 48.7 Å². The summed E-state index contributed by atoms with van der Waals surface area (Å²) in [6, 6.07) is 8.96. The third-order valence-corrected chi connectivity index (χ3v) is 2.98. The van der Waals surface area contributed by atoms with E-state index in [-0.39, 0.29) is 17.8 Å². The zero-order valence-electron chi connectivity index (χ0n) is 11.3. The fraction of sp³-hybridized carbons (Fsp3) is 0.200. The van der Waals surface area contributed by atoms with Crippen LogP contribution in [0.2, 0.25) is 0 Å². The van der Waals surface area contributed by atoms with Gasteiger partial charge in [-0.2, -0.15) is 13.2 Å². The third kappa shape index (κ3) is 4.05. The van der Waals surface area contributed by atoms with Gasteiger partial charge in [0.1, 0.15) is 5.69 Å². The summed E-state index contributed by atoms with van der Waals surface area (Å²) in [7, 11) is 0. The van der Waals surface area contributed by atoms with Crippen LogP contribution in [-0.2, 0) is 6.18 Å². The number of amides is 1. The van der Waals surface area contributed by atoms with E-state index in [1.807, 2.05) is 0 Å². The average Bonchev–Trinajstić information content (AvgIpc) is 2.52. The predicted octanol–water partition coefficient (Wildman–Crippen LogP) is 2.56. The van der Waals surface area contributed by atoms with Crippen LogP contribution in [-0.4, -0.2) is 22.5 Å². The first-order valence-corrected chi connectivity index (χ1v) is 6.42. The second-order valence-electron chi connectivity index (χ2n) is 4.56. The molecule has 2 rings (SSSR count). The van der Waals surface area contributed by atoms with Crippen LogP contribution in [0.4, 0.5) is 13.2 Å². The summed E-state index contributed by atoms with van der Waals surface area (Å²) < 4.78 is 37.3. The highest BCUT2D eigenvalue weighted by Crippen LogP contribution is 2.29. The van der Waals surface area contributed by atoms with E-state index >= 15 is 0 Å². The molecule has 0 saturated heterocycles. The van der Waals surface area contributed by atoms with Crippen molar-refractivity contribution in [2.24, 2.45) is 0 Å². The van der Waals surface area contributed by atoms with Crippen molar-refractivity contribution < 1.29 is 23.1 Å². The van der Waals surface area contributed by atoms with Crippen molar-refractivity contribution in [2.45, 2.75) is 12.3 Å². The molecule has 1 aromatic heterocycles. The van der Waals surface area contributed by atoms with E-state index in [4.69, 9.17) is 0 Å². The maximum Gasteiger partial charge on any atom is 0.416 e. The van der Waals surface area contributed by atoms with Crippen LogP contribution in [0.25, 0.3) is 0 Å². The highest BCUT2D eigenvalue weighted by molar-refractivity contribution is 5.92. The van der Waals surface area contributed by atoms with E-state index in [9.17, 15) is 23.1 Å². The van der Waals surface area contributed by atoms with Gasteiger partial charge in [0.15, 0.2) is 0 Å². The molecule has 0 saturated carbocycles.